The molecule has 0 aliphatic heterocycles. The standard InChI is InChI=1S/CH2O3.ClH.IO3.3K/c2-1(3)4;;2-1(3)4;;;/h(H2,2,3,4);1H;;;;/q;;-1;3*+1/p-2. The van der Waals surface area contributed by atoms with E-state index >= 15 is 0 Å². The van der Waals surface area contributed by atoms with E-state index in [1.807, 2.05) is 0 Å². The molecule has 0 aliphatic rings. The first-order valence-electron chi connectivity index (χ1n) is 1.09. The molecule has 0 spiro atoms. The number of carbonyl (C=O) groups is 1. The molecule has 0 rings (SSSR count). The third kappa shape index (κ3) is 116. The monoisotopic (exact) mass is 388 g/mol. The minimum Gasteiger partial charge on any atom is -1.00 e. The average Bonchev–Trinajstić information content (AvgIpc) is 1.25. The molecule has 0 aromatic carbocycles. The summed E-state index contributed by atoms with van der Waals surface area (Å²) < 4.78 is 25.7. The zero-order valence-electron chi connectivity index (χ0n) is 6.74. The molecule has 0 atom stereocenters. The Kier molecular flexibility index (Phi) is 89.3. The van der Waals surface area contributed by atoms with Crippen molar-refractivity contribution in [2.24, 2.45) is 0 Å². The van der Waals surface area contributed by atoms with Crippen LogP contribution in [-0.4, -0.2) is 11.3 Å². The van der Waals surface area contributed by atoms with Gasteiger partial charge in [-0.15, -0.1) is 0 Å². The van der Waals surface area contributed by atoms with Gasteiger partial charge in [0, 0.05) is 0 Å². The topological polar surface area (TPSA) is 130 Å². The molecule has 11 heteroatoms. The Balaban J connectivity index is -0.0000000112. The fourth-order valence-electron chi connectivity index (χ4n) is 0. The zero-order valence-corrected chi connectivity index (χ0v) is 19.0. The second-order valence-electron chi connectivity index (χ2n) is 0.455. The van der Waals surface area contributed by atoms with E-state index in [1.54, 1.807) is 0 Å². The Morgan fingerprint density at radius 1 is 1.08 bits per heavy atom. The molecule has 58 valence electrons. The maximum absolute atomic E-state index is 8.57. The van der Waals surface area contributed by atoms with Crippen molar-refractivity contribution in [3.8, 4) is 0 Å². The molecule has 0 aromatic heterocycles. The fraction of sp³-hybridized carbons (Fsp3) is 0. The van der Waals surface area contributed by atoms with Gasteiger partial charge in [-0.2, -0.15) is 0 Å². The molecule has 1 N–H and O–H groups in total. The SMILES string of the molecule is O=C([O-])O.[Cl-].[K+].[K+].[K+].[O-][I+2]([O-])[O-]. The number of hydrogen-bond acceptors (Lipinski definition) is 5. The van der Waals surface area contributed by atoms with E-state index in [0.717, 1.165) is 0 Å². The number of carboxylic acid groups (broad SMARTS) is 2. The molecule has 0 bridgehead atoms. The summed E-state index contributed by atoms with van der Waals surface area (Å²) in [6, 6.07) is 0. The van der Waals surface area contributed by atoms with Crippen molar-refractivity contribution in [2.75, 3.05) is 0 Å². The molecule has 6 nitrogen and oxygen atoms in total. The maximum atomic E-state index is 8.57. The van der Waals surface area contributed by atoms with Gasteiger partial charge < -0.3 is 37.7 Å². The summed E-state index contributed by atoms with van der Waals surface area (Å²) in [5.41, 5.74) is 0. The number of rotatable bonds is 0. The molecular weight excluding hydrogens is 388 g/mol. The van der Waals surface area contributed by atoms with Gasteiger partial charge in [-0.3, -0.25) is 0 Å². The Hall–Kier alpha value is 5.08. The van der Waals surface area contributed by atoms with E-state index in [0.29, 0.717) is 0 Å². The van der Waals surface area contributed by atoms with Crippen LogP contribution in [0.3, 0.4) is 0 Å². The molecule has 0 aromatic rings. The van der Waals surface area contributed by atoms with Gasteiger partial charge in [-0.1, -0.05) is 0 Å². The quantitative estimate of drug-likeness (QED) is 0.324. The Morgan fingerprint density at radius 2 is 1.08 bits per heavy atom. The summed E-state index contributed by atoms with van der Waals surface area (Å²) in [5.74, 6) is 0. The van der Waals surface area contributed by atoms with Gasteiger partial charge in [0.2, 0.25) is 6.16 Å². The molecule has 0 aliphatic carbocycles. The van der Waals surface area contributed by atoms with Crippen LogP contribution in [0.25, 0.3) is 0 Å². The molecule has 0 saturated carbocycles. The van der Waals surface area contributed by atoms with Gasteiger partial charge in [0.15, 0.2) is 0 Å². The molecule has 12 heavy (non-hydrogen) atoms. The van der Waals surface area contributed by atoms with E-state index in [4.69, 9.17) is 25.3 Å². The van der Waals surface area contributed by atoms with Gasteiger partial charge in [-0.25, -0.2) is 0 Å². The Bertz CT molecular complexity index is 67.1. The second-order valence-corrected chi connectivity index (χ2v) is 1.53. The first kappa shape index (κ1) is 36.0. The first-order chi connectivity index (χ1) is 3.46. The Labute approximate surface area is 212 Å². The van der Waals surface area contributed by atoms with Gasteiger partial charge >= 0.3 is 154 Å². The predicted molar refractivity (Wildman–Crippen MR) is 8.02 cm³/mol. The summed E-state index contributed by atoms with van der Waals surface area (Å²) in [4.78, 5) is 8.44. The minimum absolute atomic E-state index is 0. The van der Waals surface area contributed by atoms with Crippen molar-refractivity contribution in [1.82, 2.24) is 0 Å². The third-order valence-electron chi connectivity index (χ3n) is 0. The molecular formula is CHClIK3O6. The summed E-state index contributed by atoms with van der Waals surface area (Å²) >= 11 is -4.01. The first-order valence-corrected chi connectivity index (χ1v) is 3.74. The van der Waals surface area contributed by atoms with E-state index in [9.17, 15) is 0 Å². The molecule has 0 radical (unpaired) electrons. The van der Waals surface area contributed by atoms with E-state index in [1.165, 1.54) is 0 Å². The second kappa shape index (κ2) is 29.8. The number of hydrogen-bond donors (Lipinski definition) is 1. The van der Waals surface area contributed by atoms with Crippen LogP contribution in [0.2, 0.25) is 0 Å². The molecule has 0 fully saturated rings. The van der Waals surface area contributed by atoms with Crippen LogP contribution < -0.4 is 203 Å². The summed E-state index contributed by atoms with van der Waals surface area (Å²) in [7, 11) is 0. The van der Waals surface area contributed by atoms with Gasteiger partial charge in [-0.05, 0) is 0 Å². The van der Waals surface area contributed by atoms with E-state index < -0.39 is 27.2 Å². The third-order valence-corrected chi connectivity index (χ3v) is 0. The van der Waals surface area contributed by atoms with Gasteiger partial charge in [0.05, 0.1) is 0 Å². The summed E-state index contributed by atoms with van der Waals surface area (Å²) in [6.45, 7) is 0. The number of halogens is 2. The van der Waals surface area contributed by atoms with Crippen LogP contribution in [0.5, 0.6) is 0 Å². The van der Waals surface area contributed by atoms with Crippen LogP contribution in [0.1, 0.15) is 0 Å². The van der Waals surface area contributed by atoms with Gasteiger partial charge in [0.1, 0.15) is 0 Å². The molecule has 0 heterocycles. The van der Waals surface area contributed by atoms with Crippen LogP contribution in [0, 0.1) is 0 Å². The van der Waals surface area contributed by atoms with Gasteiger partial charge in [0.25, 0.3) is 21.1 Å². The van der Waals surface area contributed by atoms with Crippen LogP contribution in [-0.2, 0) is 0 Å². The van der Waals surface area contributed by atoms with Crippen LogP contribution in [0.4, 0.5) is 4.79 Å². The Morgan fingerprint density at radius 3 is 1.08 bits per heavy atom. The predicted octanol–water partition coefficient (Wildman–Crippen LogP) is -19.7. The van der Waals surface area contributed by atoms with E-state index in [-0.39, 0.29) is 167 Å². The molecule has 0 unspecified atom stereocenters. The minimum atomic E-state index is -4.01. The van der Waals surface area contributed by atoms with Crippen molar-refractivity contribution >= 4 is 6.16 Å². The fourth-order valence-corrected chi connectivity index (χ4v) is 0. The van der Waals surface area contributed by atoms with Crippen molar-refractivity contribution in [2.45, 2.75) is 0 Å². The van der Waals surface area contributed by atoms with Crippen molar-refractivity contribution in [3.63, 3.8) is 0 Å². The maximum Gasteiger partial charge on any atom is 1.00 e. The molecule has 0 amide bonds. The van der Waals surface area contributed by atoms with Crippen molar-refractivity contribution < 1.29 is 213 Å². The smallest absolute Gasteiger partial charge is 1.00 e. The van der Waals surface area contributed by atoms with Crippen molar-refractivity contribution in [1.29, 1.82) is 0 Å². The largest absolute Gasteiger partial charge is 1.00 e. The molecule has 0 saturated heterocycles. The summed E-state index contributed by atoms with van der Waals surface area (Å²) in [6.07, 6.45) is -2.08. The summed E-state index contributed by atoms with van der Waals surface area (Å²) in [5, 5.41) is 15.3. The van der Waals surface area contributed by atoms with E-state index in [2.05, 4.69) is 0 Å². The zero-order chi connectivity index (χ0) is 7.15. The normalized spacial score (nSPS) is 5.00. The van der Waals surface area contributed by atoms with Crippen LogP contribution >= 0.6 is 0 Å². The van der Waals surface area contributed by atoms with Crippen molar-refractivity contribution in [3.05, 3.63) is 0 Å². The average molecular weight is 389 g/mol. The van der Waals surface area contributed by atoms with Crippen LogP contribution in [0.15, 0.2) is 0 Å².